The lowest BCUT2D eigenvalue weighted by atomic mass is 10.2. The number of nitrogens with zero attached hydrogens (tertiary/aromatic N) is 2. The van der Waals surface area contributed by atoms with Gasteiger partial charge in [-0.3, -0.25) is 4.79 Å². The van der Waals surface area contributed by atoms with E-state index >= 15 is 0 Å². The summed E-state index contributed by atoms with van der Waals surface area (Å²) in [6.07, 6.45) is 3.11. The molecule has 0 unspecified atom stereocenters. The van der Waals surface area contributed by atoms with Crippen molar-refractivity contribution in [3.05, 3.63) is 77.5 Å². The van der Waals surface area contributed by atoms with Gasteiger partial charge in [0.15, 0.2) is 0 Å². The van der Waals surface area contributed by atoms with E-state index in [1.54, 1.807) is 25.3 Å². The normalized spacial score (nSPS) is 10.4. The number of aromatic nitrogens is 2. The molecule has 24 heavy (non-hydrogen) atoms. The number of benzene rings is 1. The predicted molar refractivity (Wildman–Crippen MR) is 90.4 cm³/mol. The van der Waals surface area contributed by atoms with Crippen LogP contribution < -0.4 is 10.6 Å². The number of hydrogen-bond donors (Lipinski definition) is 2. The summed E-state index contributed by atoms with van der Waals surface area (Å²) in [5.41, 5.74) is 2.21. The summed E-state index contributed by atoms with van der Waals surface area (Å²) < 4.78 is 5.19. The molecule has 3 aromatic rings. The van der Waals surface area contributed by atoms with Crippen molar-refractivity contribution in [2.24, 2.45) is 0 Å². The van der Waals surface area contributed by atoms with E-state index in [0.29, 0.717) is 36.1 Å². The molecule has 1 amide bonds. The zero-order chi connectivity index (χ0) is 16.8. The van der Waals surface area contributed by atoms with Crippen LogP contribution in [0.1, 0.15) is 27.4 Å². The molecule has 0 fully saturated rings. The zero-order valence-electron chi connectivity index (χ0n) is 13.3. The van der Waals surface area contributed by atoms with Crippen LogP contribution in [0.4, 0.5) is 5.95 Å². The van der Waals surface area contributed by atoms with Crippen molar-refractivity contribution in [3.63, 3.8) is 0 Å². The Morgan fingerprint density at radius 3 is 2.67 bits per heavy atom. The SMILES string of the molecule is Cc1nc(NCc2ccccc2)ncc1C(=O)NCc1ccco1. The van der Waals surface area contributed by atoms with Gasteiger partial charge in [0, 0.05) is 12.7 Å². The minimum Gasteiger partial charge on any atom is -0.467 e. The van der Waals surface area contributed by atoms with E-state index in [1.807, 2.05) is 30.3 Å². The van der Waals surface area contributed by atoms with E-state index in [9.17, 15) is 4.79 Å². The first-order chi connectivity index (χ1) is 11.7. The van der Waals surface area contributed by atoms with Crippen molar-refractivity contribution >= 4 is 11.9 Å². The van der Waals surface area contributed by atoms with Crippen LogP contribution in [0.15, 0.2) is 59.3 Å². The van der Waals surface area contributed by atoms with Gasteiger partial charge in [0.1, 0.15) is 5.76 Å². The van der Waals surface area contributed by atoms with Crippen LogP contribution in [0.25, 0.3) is 0 Å². The van der Waals surface area contributed by atoms with E-state index < -0.39 is 0 Å². The van der Waals surface area contributed by atoms with Gasteiger partial charge in [0.05, 0.1) is 24.1 Å². The monoisotopic (exact) mass is 322 g/mol. The van der Waals surface area contributed by atoms with Crippen LogP contribution in [0.2, 0.25) is 0 Å². The predicted octanol–water partition coefficient (Wildman–Crippen LogP) is 2.92. The minimum atomic E-state index is -0.224. The van der Waals surface area contributed by atoms with Crippen molar-refractivity contribution in [1.29, 1.82) is 0 Å². The maximum absolute atomic E-state index is 12.2. The minimum absolute atomic E-state index is 0.224. The Bertz CT molecular complexity index is 801. The Morgan fingerprint density at radius 1 is 1.12 bits per heavy atom. The van der Waals surface area contributed by atoms with Crippen LogP contribution in [0, 0.1) is 6.92 Å². The fourth-order valence-corrected chi connectivity index (χ4v) is 2.23. The molecule has 0 aliphatic heterocycles. The second kappa shape index (κ2) is 7.41. The lowest BCUT2D eigenvalue weighted by Gasteiger charge is -2.09. The van der Waals surface area contributed by atoms with Crippen molar-refractivity contribution in [2.75, 3.05) is 5.32 Å². The molecule has 0 saturated heterocycles. The Kier molecular flexibility index (Phi) is 4.86. The average Bonchev–Trinajstić information content (AvgIpc) is 3.12. The summed E-state index contributed by atoms with van der Waals surface area (Å²) >= 11 is 0. The molecule has 0 spiro atoms. The van der Waals surface area contributed by atoms with Gasteiger partial charge < -0.3 is 15.1 Å². The summed E-state index contributed by atoms with van der Waals surface area (Å²) in [6, 6.07) is 13.6. The van der Waals surface area contributed by atoms with Crippen LogP contribution in [0.5, 0.6) is 0 Å². The summed E-state index contributed by atoms with van der Waals surface area (Å²) in [4.78, 5) is 20.8. The van der Waals surface area contributed by atoms with Gasteiger partial charge >= 0.3 is 0 Å². The molecule has 6 heteroatoms. The van der Waals surface area contributed by atoms with Gasteiger partial charge in [-0.15, -0.1) is 0 Å². The number of nitrogens with one attached hydrogen (secondary N) is 2. The number of aryl methyl sites for hydroxylation is 1. The summed E-state index contributed by atoms with van der Waals surface area (Å²) in [7, 11) is 0. The molecule has 0 saturated carbocycles. The summed E-state index contributed by atoms with van der Waals surface area (Å²) in [6.45, 7) is 2.75. The Balaban J connectivity index is 1.60. The Hall–Kier alpha value is -3.15. The Morgan fingerprint density at radius 2 is 1.96 bits per heavy atom. The van der Waals surface area contributed by atoms with E-state index in [4.69, 9.17) is 4.42 Å². The van der Waals surface area contributed by atoms with Gasteiger partial charge in [0.2, 0.25) is 5.95 Å². The first-order valence-corrected chi connectivity index (χ1v) is 7.64. The second-order valence-electron chi connectivity index (χ2n) is 5.29. The van der Waals surface area contributed by atoms with Gasteiger partial charge in [-0.2, -0.15) is 0 Å². The maximum atomic E-state index is 12.2. The van der Waals surface area contributed by atoms with Crippen molar-refractivity contribution in [3.8, 4) is 0 Å². The summed E-state index contributed by atoms with van der Waals surface area (Å²) in [5, 5.41) is 5.94. The van der Waals surface area contributed by atoms with E-state index in [-0.39, 0.29) is 5.91 Å². The summed E-state index contributed by atoms with van der Waals surface area (Å²) in [5.74, 6) is 0.973. The Labute approximate surface area is 140 Å². The molecule has 0 bridgehead atoms. The smallest absolute Gasteiger partial charge is 0.255 e. The van der Waals surface area contributed by atoms with Crippen molar-refractivity contribution in [1.82, 2.24) is 15.3 Å². The largest absolute Gasteiger partial charge is 0.467 e. The molecule has 6 nitrogen and oxygen atoms in total. The zero-order valence-corrected chi connectivity index (χ0v) is 13.3. The average molecular weight is 322 g/mol. The third-order valence-electron chi connectivity index (χ3n) is 3.52. The van der Waals surface area contributed by atoms with Crippen molar-refractivity contribution in [2.45, 2.75) is 20.0 Å². The number of hydrogen-bond acceptors (Lipinski definition) is 5. The van der Waals surface area contributed by atoms with Crippen LogP contribution in [-0.4, -0.2) is 15.9 Å². The molecule has 0 atom stereocenters. The first kappa shape index (κ1) is 15.7. The first-order valence-electron chi connectivity index (χ1n) is 7.64. The fraction of sp³-hybridized carbons (Fsp3) is 0.167. The van der Waals surface area contributed by atoms with Gasteiger partial charge in [0.25, 0.3) is 5.91 Å². The highest BCUT2D eigenvalue weighted by Crippen LogP contribution is 2.09. The standard InChI is InChI=1S/C18H18N4O2/c1-13-16(17(23)19-11-15-8-5-9-24-15)12-21-18(22-13)20-10-14-6-3-2-4-7-14/h2-9,12H,10-11H2,1H3,(H,19,23)(H,20,21,22). The molecule has 122 valence electrons. The van der Waals surface area contributed by atoms with E-state index in [0.717, 1.165) is 5.56 Å². The molecule has 0 aliphatic carbocycles. The lowest BCUT2D eigenvalue weighted by Crippen LogP contribution is -2.24. The molecule has 2 heterocycles. The molecule has 0 radical (unpaired) electrons. The van der Waals surface area contributed by atoms with Crippen LogP contribution >= 0.6 is 0 Å². The maximum Gasteiger partial charge on any atom is 0.255 e. The second-order valence-corrected chi connectivity index (χ2v) is 5.29. The lowest BCUT2D eigenvalue weighted by molar-refractivity contribution is 0.0946. The number of carbonyl (C=O) groups is 1. The van der Waals surface area contributed by atoms with E-state index in [1.165, 1.54) is 6.20 Å². The third-order valence-corrected chi connectivity index (χ3v) is 3.52. The molecule has 3 rings (SSSR count). The number of carbonyl (C=O) groups excluding carboxylic acids is 1. The number of furan rings is 1. The van der Waals surface area contributed by atoms with Crippen LogP contribution in [-0.2, 0) is 13.1 Å². The van der Waals surface area contributed by atoms with Crippen LogP contribution in [0.3, 0.4) is 0 Å². The van der Waals surface area contributed by atoms with E-state index in [2.05, 4.69) is 20.6 Å². The molecular weight excluding hydrogens is 304 g/mol. The fourth-order valence-electron chi connectivity index (χ4n) is 2.23. The number of anilines is 1. The molecule has 2 aromatic heterocycles. The third kappa shape index (κ3) is 3.98. The topological polar surface area (TPSA) is 80.0 Å². The highest BCUT2D eigenvalue weighted by molar-refractivity contribution is 5.94. The molecular formula is C18H18N4O2. The van der Waals surface area contributed by atoms with Crippen molar-refractivity contribution < 1.29 is 9.21 Å². The molecule has 1 aromatic carbocycles. The van der Waals surface area contributed by atoms with Gasteiger partial charge in [-0.1, -0.05) is 30.3 Å². The highest BCUT2D eigenvalue weighted by atomic mass is 16.3. The molecule has 0 aliphatic rings. The quantitative estimate of drug-likeness (QED) is 0.729. The number of amides is 1. The highest BCUT2D eigenvalue weighted by Gasteiger charge is 2.12. The number of rotatable bonds is 6. The molecule has 2 N–H and O–H groups in total. The van der Waals surface area contributed by atoms with Gasteiger partial charge in [-0.25, -0.2) is 9.97 Å². The van der Waals surface area contributed by atoms with Gasteiger partial charge in [-0.05, 0) is 24.6 Å².